The summed E-state index contributed by atoms with van der Waals surface area (Å²) in [6.45, 7) is 16.0. The number of nitrogens with two attached hydrogens (primary N) is 1. The fourth-order valence-corrected chi connectivity index (χ4v) is 9.58. The van der Waals surface area contributed by atoms with Crippen LogP contribution in [-0.2, 0) is 9.59 Å². The first kappa shape index (κ1) is 40.9. The number of piperazine rings is 2. The highest BCUT2D eigenvalue weighted by Gasteiger charge is 2.45. The molecule has 1 aliphatic carbocycles. The number of hydrogen-bond donors (Lipinski definition) is 3. The zero-order chi connectivity index (χ0) is 42.4. The summed E-state index contributed by atoms with van der Waals surface area (Å²) in [6, 6.07) is 12.2. The predicted molar refractivity (Wildman–Crippen MR) is 231 cm³/mol. The molecule has 9 rings (SSSR count). The van der Waals surface area contributed by atoms with E-state index in [0.29, 0.717) is 40.0 Å². The molecule has 5 aliphatic heterocycles. The van der Waals surface area contributed by atoms with Crippen LogP contribution in [0.1, 0.15) is 84.3 Å². The fourth-order valence-electron chi connectivity index (χ4n) is 9.58. The number of rotatable bonds is 12. The molecule has 6 heterocycles. The molecule has 61 heavy (non-hydrogen) atoms. The summed E-state index contributed by atoms with van der Waals surface area (Å²) >= 11 is 0. The molecule has 322 valence electrons. The molecule has 3 aromatic rings. The van der Waals surface area contributed by atoms with Crippen LogP contribution in [0.2, 0.25) is 0 Å². The summed E-state index contributed by atoms with van der Waals surface area (Å²) in [4.78, 5) is 73.0. The number of nitrogens with one attached hydrogen (secondary N) is 2. The lowest BCUT2D eigenvalue weighted by molar-refractivity contribution is -0.136. The Balaban J connectivity index is 0.699. The van der Waals surface area contributed by atoms with Gasteiger partial charge in [0.2, 0.25) is 11.8 Å². The molecule has 6 aliphatic rings. The van der Waals surface area contributed by atoms with Crippen LogP contribution >= 0.6 is 0 Å². The zero-order valence-corrected chi connectivity index (χ0v) is 35.3. The SMILES string of the molecule is C[C@H]1CN(c2cc(C(=N)c3cc(OC4(C)CC4)ccc3N)ncn2)CCN1CCN1CCC(CN2CCN(c3ccc4c(c3)C(=O)N(C3CCC(=O)NC3=O)C4=O)CC2)CC1. The van der Waals surface area contributed by atoms with E-state index in [-0.39, 0.29) is 30.1 Å². The minimum atomic E-state index is -0.960. The van der Waals surface area contributed by atoms with Crippen molar-refractivity contribution in [1.29, 1.82) is 5.41 Å². The van der Waals surface area contributed by atoms with Crippen molar-refractivity contribution in [3.63, 3.8) is 0 Å². The molecule has 2 atom stereocenters. The summed E-state index contributed by atoms with van der Waals surface area (Å²) in [5.74, 6) is 0.310. The zero-order valence-electron chi connectivity index (χ0n) is 35.3. The largest absolute Gasteiger partial charge is 0.488 e. The van der Waals surface area contributed by atoms with Gasteiger partial charge in [0.1, 0.15) is 29.5 Å². The van der Waals surface area contributed by atoms with Gasteiger partial charge in [-0.15, -0.1) is 0 Å². The summed E-state index contributed by atoms with van der Waals surface area (Å²) < 4.78 is 6.14. The third-order valence-corrected chi connectivity index (χ3v) is 13.7. The molecular formula is C45H57N11O5. The Morgan fingerprint density at radius 2 is 1.61 bits per heavy atom. The van der Waals surface area contributed by atoms with Gasteiger partial charge in [0.15, 0.2) is 0 Å². The molecule has 5 fully saturated rings. The van der Waals surface area contributed by atoms with E-state index in [9.17, 15) is 19.2 Å². The van der Waals surface area contributed by atoms with Crippen LogP contribution in [0.25, 0.3) is 0 Å². The van der Waals surface area contributed by atoms with Crippen molar-refractivity contribution in [2.45, 2.75) is 70.1 Å². The maximum absolute atomic E-state index is 13.4. The Kier molecular flexibility index (Phi) is 11.3. The first-order valence-electron chi connectivity index (χ1n) is 22.0. The molecule has 16 nitrogen and oxygen atoms in total. The van der Waals surface area contributed by atoms with Crippen molar-refractivity contribution in [3.8, 4) is 5.75 Å². The molecule has 2 aromatic carbocycles. The van der Waals surface area contributed by atoms with Crippen LogP contribution in [0.5, 0.6) is 5.75 Å². The first-order chi connectivity index (χ1) is 29.4. The third kappa shape index (κ3) is 8.70. The number of benzene rings is 2. The Morgan fingerprint density at radius 1 is 0.852 bits per heavy atom. The normalized spacial score (nSPS) is 23.9. The van der Waals surface area contributed by atoms with Crippen LogP contribution in [-0.4, -0.2) is 155 Å². The number of piperidine rings is 2. The minimum Gasteiger partial charge on any atom is -0.488 e. The van der Waals surface area contributed by atoms with E-state index in [0.717, 1.165) is 114 Å². The van der Waals surface area contributed by atoms with Gasteiger partial charge < -0.3 is 25.2 Å². The first-order valence-corrected chi connectivity index (χ1v) is 22.0. The van der Waals surface area contributed by atoms with Gasteiger partial charge >= 0.3 is 0 Å². The number of fused-ring (bicyclic) bond motifs is 1. The van der Waals surface area contributed by atoms with Crippen LogP contribution in [0.4, 0.5) is 17.2 Å². The average molecular weight is 832 g/mol. The number of likely N-dealkylation sites (tertiary alicyclic amines) is 1. The second kappa shape index (κ2) is 16.8. The molecule has 1 unspecified atom stereocenters. The fraction of sp³-hybridized carbons (Fsp3) is 0.533. The van der Waals surface area contributed by atoms with Gasteiger partial charge in [0.05, 0.1) is 22.5 Å². The topological polar surface area (TPSA) is 185 Å². The van der Waals surface area contributed by atoms with E-state index in [4.69, 9.17) is 15.9 Å². The van der Waals surface area contributed by atoms with E-state index in [2.05, 4.69) is 53.6 Å². The van der Waals surface area contributed by atoms with E-state index >= 15 is 0 Å². The Hall–Kier alpha value is -5.45. The van der Waals surface area contributed by atoms with Crippen LogP contribution < -0.4 is 25.6 Å². The number of hydrogen-bond acceptors (Lipinski definition) is 14. The highest BCUT2D eigenvalue weighted by Crippen LogP contribution is 2.40. The Labute approximate surface area is 356 Å². The second-order valence-electron chi connectivity index (χ2n) is 18.0. The maximum atomic E-state index is 13.4. The van der Waals surface area contributed by atoms with Gasteiger partial charge in [-0.2, -0.15) is 0 Å². The monoisotopic (exact) mass is 831 g/mol. The summed E-state index contributed by atoms with van der Waals surface area (Å²) in [7, 11) is 0. The number of nitrogen functional groups attached to an aromatic ring is 1. The van der Waals surface area contributed by atoms with Gasteiger partial charge in [-0.25, -0.2) is 9.97 Å². The van der Waals surface area contributed by atoms with Crippen molar-refractivity contribution in [2.24, 2.45) is 5.92 Å². The molecule has 0 spiro atoms. The molecule has 0 bridgehead atoms. The molecule has 4 amide bonds. The summed E-state index contributed by atoms with van der Waals surface area (Å²) in [6.07, 6.45) is 6.25. The van der Waals surface area contributed by atoms with Crippen molar-refractivity contribution >= 4 is 46.5 Å². The number of imide groups is 2. The lowest BCUT2D eigenvalue weighted by Gasteiger charge is -2.42. The van der Waals surface area contributed by atoms with Crippen molar-refractivity contribution in [2.75, 3.05) is 94.1 Å². The Morgan fingerprint density at radius 3 is 2.34 bits per heavy atom. The molecule has 1 aromatic heterocycles. The smallest absolute Gasteiger partial charge is 0.262 e. The standard InChI is InChI=1S/C45H57N11O5/c1-29-26-55(39-25-37(48-28-49-39)41(47)35-24-32(4-6-36(35)46)61-45(2)11-12-45)22-21-53(29)18-15-51-13-9-30(10-14-51)27-52-16-19-54(20-17-52)31-3-5-33-34(23-31)44(60)56(43(33)59)38-7-8-40(57)50-42(38)58/h3-6,23-25,28-30,38,47H,7-22,26-27,46H2,1-2H3,(H,50,57,58)/t29-,38?/m0/s1. The van der Waals surface area contributed by atoms with Crippen LogP contribution in [0.15, 0.2) is 48.8 Å². The van der Waals surface area contributed by atoms with Gasteiger partial charge in [0, 0.05) is 101 Å². The van der Waals surface area contributed by atoms with Crippen molar-refractivity contribution < 1.29 is 23.9 Å². The van der Waals surface area contributed by atoms with Crippen LogP contribution in [0, 0.1) is 11.3 Å². The van der Waals surface area contributed by atoms with Crippen molar-refractivity contribution in [3.05, 3.63) is 71.2 Å². The average Bonchev–Trinajstić information content (AvgIpc) is 3.94. The molecule has 1 saturated carbocycles. The van der Waals surface area contributed by atoms with Crippen LogP contribution in [0.3, 0.4) is 0 Å². The number of carbonyl (C=O) groups is 4. The minimum absolute atomic E-state index is 0.102. The van der Waals surface area contributed by atoms with Gasteiger partial charge in [0.25, 0.3) is 11.8 Å². The molecule has 16 heteroatoms. The number of carbonyl (C=O) groups excluding carboxylic acids is 4. The van der Waals surface area contributed by atoms with E-state index in [1.54, 1.807) is 24.5 Å². The number of anilines is 3. The lowest BCUT2D eigenvalue weighted by Crippen LogP contribution is -2.54. The molecule has 0 radical (unpaired) electrons. The van der Waals surface area contributed by atoms with E-state index in [1.165, 1.54) is 12.8 Å². The van der Waals surface area contributed by atoms with E-state index in [1.807, 2.05) is 24.3 Å². The lowest BCUT2D eigenvalue weighted by atomic mass is 9.96. The second-order valence-corrected chi connectivity index (χ2v) is 18.0. The quantitative estimate of drug-likeness (QED) is 0.138. The van der Waals surface area contributed by atoms with Gasteiger partial charge in [-0.3, -0.25) is 44.6 Å². The summed E-state index contributed by atoms with van der Waals surface area (Å²) in [5, 5.41) is 11.2. The molecule has 4 saturated heterocycles. The summed E-state index contributed by atoms with van der Waals surface area (Å²) in [5.41, 5.74) is 9.70. The molecule has 4 N–H and O–H groups in total. The molecular weight excluding hydrogens is 775 g/mol. The predicted octanol–water partition coefficient (Wildman–Crippen LogP) is 2.85. The number of amides is 4. The number of nitrogens with zero attached hydrogens (tertiary/aromatic N) is 8. The third-order valence-electron chi connectivity index (χ3n) is 13.7. The number of ether oxygens (including phenoxy) is 1. The van der Waals surface area contributed by atoms with Gasteiger partial charge in [-0.05, 0) is 101 Å². The highest BCUT2D eigenvalue weighted by atomic mass is 16.5. The van der Waals surface area contributed by atoms with Gasteiger partial charge in [-0.1, -0.05) is 0 Å². The maximum Gasteiger partial charge on any atom is 0.262 e. The highest BCUT2D eigenvalue weighted by molar-refractivity contribution is 6.23. The Bertz CT molecular complexity index is 2210. The number of aromatic nitrogens is 2. The van der Waals surface area contributed by atoms with E-state index < -0.39 is 23.8 Å². The van der Waals surface area contributed by atoms with Crippen molar-refractivity contribution in [1.82, 2.24) is 34.9 Å².